The van der Waals surface area contributed by atoms with Crippen molar-refractivity contribution in [3.63, 3.8) is 0 Å². The minimum atomic E-state index is -4.62. The predicted molar refractivity (Wildman–Crippen MR) is 175 cm³/mol. The molecule has 0 bridgehead atoms. The number of carbonyl (C=O) groups is 1. The van der Waals surface area contributed by atoms with Crippen LogP contribution >= 0.6 is 0 Å². The van der Waals surface area contributed by atoms with Gasteiger partial charge in [0.25, 0.3) is 0 Å². The van der Waals surface area contributed by atoms with Gasteiger partial charge in [-0.05, 0) is 34.6 Å². The van der Waals surface area contributed by atoms with Crippen LogP contribution < -0.4 is 0 Å². The van der Waals surface area contributed by atoms with E-state index in [1.54, 1.807) is 13.8 Å². The van der Waals surface area contributed by atoms with Gasteiger partial charge >= 0.3 is 6.18 Å². The predicted octanol–water partition coefficient (Wildman–Crippen LogP) is 13.9. The number of carbonyl (C=O) groups excluding carboxylic acids is 1. The molecule has 0 aliphatic heterocycles. The van der Waals surface area contributed by atoms with Crippen LogP contribution in [0.2, 0.25) is 0 Å². The highest BCUT2D eigenvalue weighted by Crippen LogP contribution is 2.13. The zero-order valence-electron chi connectivity index (χ0n) is 20.3. The minimum Gasteiger partial charge on any atom is -0.352 e. The Kier molecular flexibility index (Phi) is 287. The number of hydrogen-bond donors (Lipinski definition) is 0. The van der Waals surface area contributed by atoms with Gasteiger partial charge in [-0.15, -0.1) is 0 Å². The topological polar surface area (TPSA) is 35.5 Å². The van der Waals surface area contributed by atoms with Crippen molar-refractivity contribution in [2.24, 2.45) is 5.92 Å². The van der Waals surface area contributed by atoms with Gasteiger partial charge in [0, 0.05) is 13.0 Å². The first-order valence-corrected chi connectivity index (χ1v) is 9.25. The Balaban J connectivity index is -0.0000000118. The molecule has 0 saturated carbocycles. The maximum Gasteiger partial charge on any atom is 0.416 e. The Bertz CT molecular complexity index is 293. The van der Waals surface area contributed by atoms with Crippen molar-refractivity contribution in [2.45, 2.75) is 142 Å². The molecule has 0 aliphatic carbocycles. The van der Waals surface area contributed by atoms with Crippen molar-refractivity contribution >= 4 is 5.78 Å². The fourth-order valence-electron chi connectivity index (χ4n) is 0.364. The average molecular weight is 667 g/mol. The van der Waals surface area contributed by atoms with E-state index in [0.717, 1.165) is 0 Å². The van der Waals surface area contributed by atoms with Crippen LogP contribution in [-0.2, 0) is 14.3 Å². The SMILES string of the molecule is C.C.C.C.C.C.C.C.C.C.CC(F)OCC(=O)C(C)C.CCF.CCF.CCF.CF.COC(C)F.FCC(F)(F)F. The van der Waals surface area contributed by atoms with Crippen molar-refractivity contribution in [3.8, 4) is 0 Å². The van der Waals surface area contributed by atoms with Crippen molar-refractivity contribution in [1.82, 2.24) is 0 Å². The van der Waals surface area contributed by atoms with Crippen molar-refractivity contribution in [1.29, 1.82) is 0 Å². The maximum atomic E-state index is 12.0. The van der Waals surface area contributed by atoms with Crippen LogP contribution in [0.1, 0.15) is 123 Å². The first-order valence-electron chi connectivity index (χ1n) is 9.25. The standard InChI is InChI=1S/C7H13FO2.C3H7FO.C2H2F4.3C2H5F.CH3F.10CH4/c1-5(2)7(9)4-10-6(3)8;1-3(4)5-2;3-1-2(4,5)6;3*1-2-3;1-2;;;;;;;;;;/h5-6H,4H2,1-3H3;3H,1-2H3;1H2;3*2H2,1H3;1H3;10*1H4. The van der Waals surface area contributed by atoms with Gasteiger partial charge in [-0.3, -0.25) is 22.4 Å². The summed E-state index contributed by atoms with van der Waals surface area (Å²) >= 11 is 0. The van der Waals surface area contributed by atoms with E-state index in [-0.39, 0.29) is 113 Å². The Labute approximate surface area is 259 Å². The first-order chi connectivity index (χ1) is 14.6. The summed E-state index contributed by atoms with van der Waals surface area (Å²) in [5.41, 5.74) is 0. The third-order valence-electron chi connectivity index (χ3n) is 1.58. The lowest BCUT2D eigenvalue weighted by Gasteiger charge is -2.05. The van der Waals surface area contributed by atoms with Crippen LogP contribution in [0.3, 0.4) is 0 Å². The van der Waals surface area contributed by atoms with Crippen LogP contribution in [0.4, 0.5) is 43.9 Å². The molecule has 0 N–H and O–H groups in total. The quantitative estimate of drug-likeness (QED) is 0.274. The van der Waals surface area contributed by atoms with Gasteiger partial charge in [0.15, 0.2) is 25.2 Å². The Morgan fingerprint density at radius 2 is 0.786 bits per heavy atom. The third-order valence-corrected chi connectivity index (χ3v) is 1.58. The summed E-state index contributed by atoms with van der Waals surface area (Å²) in [5.74, 6) is -0.136. The monoisotopic (exact) mass is 667 g/mol. The van der Waals surface area contributed by atoms with Crippen LogP contribution in [0.15, 0.2) is 0 Å². The molecule has 13 heteroatoms. The summed E-state index contributed by atoms with van der Waals surface area (Å²) in [6.45, 7) is 7.39. The molecule has 0 aromatic heterocycles. The summed E-state index contributed by atoms with van der Waals surface area (Å²) in [7, 11) is 1.82. The number of ketones is 1. The second kappa shape index (κ2) is 106. The molecule has 0 aromatic rings. The Morgan fingerprint density at radius 3 is 0.857 bits per heavy atom. The third kappa shape index (κ3) is 336. The molecule has 0 amide bonds. The molecule has 0 aliphatic rings. The highest BCUT2D eigenvalue weighted by molar-refractivity contribution is 5.81. The molecule has 0 aromatic carbocycles. The van der Waals surface area contributed by atoms with Gasteiger partial charge < -0.3 is 9.47 Å². The minimum absolute atomic E-state index is 0. The number of Topliss-reactive ketones (excluding diaryl/α,β-unsaturated/α-hetero) is 1. The highest BCUT2D eigenvalue weighted by atomic mass is 19.4. The molecule has 0 heterocycles. The number of hydrogen-bond acceptors (Lipinski definition) is 3. The molecule has 0 radical (unpaired) electrons. The summed E-state index contributed by atoms with van der Waals surface area (Å²) in [4.78, 5) is 10.8. The van der Waals surface area contributed by atoms with Gasteiger partial charge in [0.2, 0.25) is 0 Å². The van der Waals surface area contributed by atoms with E-state index >= 15 is 0 Å². The Hall–Kier alpha value is -1.11. The van der Waals surface area contributed by atoms with E-state index < -0.39 is 25.6 Å². The summed E-state index contributed by atoms with van der Waals surface area (Å²) in [6, 6.07) is 0. The van der Waals surface area contributed by atoms with Gasteiger partial charge in [-0.1, -0.05) is 88.1 Å². The van der Waals surface area contributed by atoms with E-state index in [4.69, 9.17) is 0 Å². The molecule has 3 nitrogen and oxygen atoms in total. The summed E-state index contributed by atoms with van der Waals surface area (Å²) in [6.07, 6.45) is -7.09. The first kappa shape index (κ1) is 114. The van der Waals surface area contributed by atoms with E-state index in [9.17, 15) is 48.7 Å². The molecule has 2 atom stereocenters. The van der Waals surface area contributed by atoms with Crippen molar-refractivity contribution in [2.75, 3.05) is 47.6 Å². The maximum absolute atomic E-state index is 12.0. The van der Waals surface area contributed by atoms with Gasteiger partial charge in [0.05, 0.1) is 27.2 Å². The number of methoxy groups -OCH3 is 1. The average Bonchev–Trinajstić information content (AvgIpc) is 2.69. The second-order valence-electron chi connectivity index (χ2n) is 4.80. The van der Waals surface area contributed by atoms with Crippen molar-refractivity contribution < 1.29 is 58.2 Å². The molecule has 284 valence electrons. The lowest BCUT2D eigenvalue weighted by molar-refractivity contribution is -0.142. The fourth-order valence-corrected chi connectivity index (χ4v) is 0.364. The van der Waals surface area contributed by atoms with Gasteiger partial charge in [0.1, 0.15) is 6.61 Å². The van der Waals surface area contributed by atoms with E-state index in [2.05, 4.69) is 9.47 Å². The smallest absolute Gasteiger partial charge is 0.352 e. The fraction of sp³-hybridized carbons (Fsp3) is 0.966. The largest absolute Gasteiger partial charge is 0.416 e. The van der Waals surface area contributed by atoms with E-state index in [1.807, 2.05) is 0 Å². The number of rotatable bonds is 5. The normalized spacial score (nSPS) is 8.19. The van der Waals surface area contributed by atoms with Gasteiger partial charge in [-0.25, -0.2) is 13.2 Å². The molecule has 0 saturated heterocycles. The molecule has 0 fully saturated rings. The lowest BCUT2D eigenvalue weighted by atomic mass is 10.1. The molecule has 0 spiro atoms. The second-order valence-corrected chi connectivity index (χ2v) is 4.80. The van der Waals surface area contributed by atoms with Crippen LogP contribution in [0.5, 0.6) is 0 Å². The van der Waals surface area contributed by atoms with E-state index in [0.29, 0.717) is 7.18 Å². The lowest BCUT2D eigenvalue weighted by Crippen LogP contribution is -2.17. The zero-order valence-corrected chi connectivity index (χ0v) is 20.3. The zero-order chi connectivity index (χ0) is 27.8. The highest BCUT2D eigenvalue weighted by Gasteiger charge is 2.26. The molecule has 42 heavy (non-hydrogen) atoms. The van der Waals surface area contributed by atoms with Crippen molar-refractivity contribution in [3.05, 3.63) is 0 Å². The molecule has 0 rings (SSSR count). The van der Waals surface area contributed by atoms with E-state index in [1.165, 1.54) is 41.7 Å². The summed E-state index contributed by atoms with van der Waals surface area (Å²) < 4.78 is 114. The number of ether oxygens (including phenoxy) is 2. The van der Waals surface area contributed by atoms with Gasteiger partial charge in [-0.2, -0.15) is 13.2 Å². The van der Waals surface area contributed by atoms with Crippen LogP contribution in [0.25, 0.3) is 0 Å². The van der Waals surface area contributed by atoms with Crippen LogP contribution in [-0.4, -0.2) is 72.3 Å². The number of halogens is 10. The molecular formula is C29H80F10O3. The molecular weight excluding hydrogens is 586 g/mol. The Morgan fingerprint density at radius 1 is 0.619 bits per heavy atom. The molecule has 2 unspecified atom stereocenters. The number of alkyl halides is 10. The van der Waals surface area contributed by atoms with Crippen LogP contribution in [0, 0.1) is 5.92 Å². The summed E-state index contributed by atoms with van der Waals surface area (Å²) in [5, 5.41) is 0.